The first-order valence-corrected chi connectivity index (χ1v) is 7.66. The molecule has 102 valence electrons. The molecule has 1 aliphatic rings. The molecule has 0 bridgehead atoms. The predicted molar refractivity (Wildman–Crippen MR) is 84.4 cm³/mol. The fourth-order valence-corrected chi connectivity index (χ4v) is 2.86. The lowest BCUT2D eigenvalue weighted by molar-refractivity contribution is 0.245. The minimum absolute atomic E-state index is 0.480. The Balaban J connectivity index is 0.000000771. The SMILES string of the molecule is CC.Cc1ccc(CN2CCCC2C(C)S)cc1. The summed E-state index contributed by atoms with van der Waals surface area (Å²) in [5.74, 6) is 0. The molecule has 2 rings (SSSR count). The van der Waals surface area contributed by atoms with Crippen molar-refractivity contribution in [3.63, 3.8) is 0 Å². The van der Waals surface area contributed by atoms with E-state index in [0.29, 0.717) is 11.3 Å². The summed E-state index contributed by atoms with van der Waals surface area (Å²) in [7, 11) is 0. The van der Waals surface area contributed by atoms with E-state index >= 15 is 0 Å². The Bertz CT molecular complexity index is 331. The summed E-state index contributed by atoms with van der Waals surface area (Å²) in [6.45, 7) is 10.7. The van der Waals surface area contributed by atoms with Crippen LogP contribution < -0.4 is 0 Å². The van der Waals surface area contributed by atoms with Crippen molar-refractivity contribution in [1.29, 1.82) is 0 Å². The summed E-state index contributed by atoms with van der Waals surface area (Å²) in [6, 6.07) is 9.54. The lowest BCUT2D eigenvalue weighted by atomic mass is 10.1. The Hall–Kier alpha value is -0.470. The number of nitrogens with zero attached hydrogens (tertiary/aromatic N) is 1. The van der Waals surface area contributed by atoms with Gasteiger partial charge in [0.1, 0.15) is 0 Å². The fourth-order valence-electron chi connectivity index (χ4n) is 2.52. The van der Waals surface area contributed by atoms with Crippen LogP contribution in [-0.2, 0) is 6.54 Å². The van der Waals surface area contributed by atoms with Crippen molar-refractivity contribution in [2.75, 3.05) is 6.54 Å². The van der Waals surface area contributed by atoms with Gasteiger partial charge in [-0.1, -0.05) is 50.6 Å². The van der Waals surface area contributed by atoms with Crippen LogP contribution >= 0.6 is 12.6 Å². The van der Waals surface area contributed by atoms with Gasteiger partial charge in [0, 0.05) is 17.8 Å². The van der Waals surface area contributed by atoms with Crippen LogP contribution in [0.3, 0.4) is 0 Å². The van der Waals surface area contributed by atoms with Gasteiger partial charge in [-0.25, -0.2) is 0 Å². The van der Waals surface area contributed by atoms with Gasteiger partial charge in [0.05, 0.1) is 0 Å². The Labute approximate surface area is 118 Å². The largest absolute Gasteiger partial charge is 0.295 e. The smallest absolute Gasteiger partial charge is 0.0237 e. The normalized spacial score (nSPS) is 21.3. The molecule has 1 heterocycles. The summed E-state index contributed by atoms with van der Waals surface area (Å²) in [5, 5.41) is 0.480. The highest BCUT2D eigenvalue weighted by Crippen LogP contribution is 2.24. The van der Waals surface area contributed by atoms with Crippen molar-refractivity contribution < 1.29 is 0 Å². The zero-order chi connectivity index (χ0) is 13.5. The minimum atomic E-state index is 0.480. The number of benzene rings is 1. The second kappa shape index (κ2) is 7.85. The van der Waals surface area contributed by atoms with E-state index in [2.05, 4.69) is 55.6 Å². The van der Waals surface area contributed by atoms with Crippen molar-refractivity contribution in [3.8, 4) is 0 Å². The van der Waals surface area contributed by atoms with E-state index in [0.717, 1.165) is 6.54 Å². The monoisotopic (exact) mass is 265 g/mol. The molecule has 1 fully saturated rings. The van der Waals surface area contributed by atoms with Crippen LogP contribution in [0.15, 0.2) is 24.3 Å². The van der Waals surface area contributed by atoms with Crippen molar-refractivity contribution in [2.24, 2.45) is 0 Å². The van der Waals surface area contributed by atoms with Crippen molar-refractivity contribution >= 4 is 12.6 Å². The molecule has 0 aromatic heterocycles. The number of hydrogen-bond donors (Lipinski definition) is 1. The minimum Gasteiger partial charge on any atom is -0.295 e. The van der Waals surface area contributed by atoms with E-state index < -0.39 is 0 Å². The van der Waals surface area contributed by atoms with Gasteiger partial charge in [-0.05, 0) is 31.9 Å². The Morgan fingerprint density at radius 3 is 2.44 bits per heavy atom. The van der Waals surface area contributed by atoms with E-state index in [1.165, 1.54) is 30.5 Å². The number of hydrogen-bond acceptors (Lipinski definition) is 2. The Morgan fingerprint density at radius 2 is 1.89 bits per heavy atom. The van der Waals surface area contributed by atoms with Crippen molar-refractivity contribution in [1.82, 2.24) is 4.90 Å². The number of aryl methyl sites for hydroxylation is 1. The van der Waals surface area contributed by atoms with Crippen molar-refractivity contribution in [2.45, 2.75) is 58.4 Å². The molecule has 0 amide bonds. The average Bonchev–Trinajstić information content (AvgIpc) is 2.83. The summed E-state index contributed by atoms with van der Waals surface area (Å²) in [5.41, 5.74) is 2.76. The first-order chi connectivity index (χ1) is 8.66. The second-order valence-electron chi connectivity index (χ2n) is 4.91. The zero-order valence-electron chi connectivity index (χ0n) is 12.2. The fraction of sp³-hybridized carbons (Fsp3) is 0.625. The van der Waals surface area contributed by atoms with E-state index in [1.807, 2.05) is 13.8 Å². The van der Waals surface area contributed by atoms with Gasteiger partial charge < -0.3 is 0 Å². The third kappa shape index (κ3) is 4.33. The quantitative estimate of drug-likeness (QED) is 0.797. The van der Waals surface area contributed by atoms with E-state index in [1.54, 1.807) is 0 Å². The Morgan fingerprint density at radius 1 is 1.28 bits per heavy atom. The van der Waals surface area contributed by atoms with Gasteiger partial charge in [0.15, 0.2) is 0 Å². The number of thiol groups is 1. The number of rotatable bonds is 3. The molecular weight excluding hydrogens is 238 g/mol. The third-order valence-corrected chi connectivity index (χ3v) is 3.82. The third-order valence-electron chi connectivity index (χ3n) is 3.48. The van der Waals surface area contributed by atoms with Crippen LogP contribution in [0.1, 0.15) is 44.7 Å². The van der Waals surface area contributed by atoms with Gasteiger partial charge in [-0.15, -0.1) is 0 Å². The molecule has 2 heteroatoms. The van der Waals surface area contributed by atoms with Gasteiger partial charge in [0.2, 0.25) is 0 Å². The molecule has 1 nitrogen and oxygen atoms in total. The van der Waals surface area contributed by atoms with Crippen LogP contribution in [0, 0.1) is 6.92 Å². The molecule has 0 aliphatic carbocycles. The molecule has 0 saturated carbocycles. The molecule has 1 aromatic carbocycles. The van der Waals surface area contributed by atoms with Crippen LogP contribution in [0.25, 0.3) is 0 Å². The van der Waals surface area contributed by atoms with Gasteiger partial charge in [-0.3, -0.25) is 4.90 Å². The first-order valence-electron chi connectivity index (χ1n) is 7.14. The van der Waals surface area contributed by atoms with Gasteiger partial charge >= 0.3 is 0 Å². The molecule has 2 unspecified atom stereocenters. The maximum atomic E-state index is 4.59. The summed E-state index contributed by atoms with van der Waals surface area (Å²) in [4.78, 5) is 2.57. The predicted octanol–water partition coefficient (Wildman–Crippen LogP) is 4.30. The molecule has 0 spiro atoms. The van der Waals surface area contributed by atoms with E-state index in [4.69, 9.17) is 0 Å². The van der Waals surface area contributed by atoms with Crippen LogP contribution in [0.4, 0.5) is 0 Å². The maximum Gasteiger partial charge on any atom is 0.0237 e. The lowest BCUT2D eigenvalue weighted by Gasteiger charge is -2.27. The van der Waals surface area contributed by atoms with Gasteiger partial charge in [0.25, 0.3) is 0 Å². The summed E-state index contributed by atoms with van der Waals surface area (Å²) in [6.07, 6.45) is 2.62. The van der Waals surface area contributed by atoms with Crippen LogP contribution in [0.5, 0.6) is 0 Å². The average molecular weight is 265 g/mol. The zero-order valence-corrected chi connectivity index (χ0v) is 13.1. The molecule has 2 atom stereocenters. The highest BCUT2D eigenvalue weighted by molar-refractivity contribution is 7.81. The summed E-state index contributed by atoms with van der Waals surface area (Å²) >= 11 is 4.59. The highest BCUT2D eigenvalue weighted by Gasteiger charge is 2.27. The molecule has 1 saturated heterocycles. The molecule has 0 N–H and O–H groups in total. The molecule has 18 heavy (non-hydrogen) atoms. The maximum absolute atomic E-state index is 4.59. The number of likely N-dealkylation sites (tertiary alicyclic amines) is 1. The topological polar surface area (TPSA) is 3.24 Å². The Kier molecular flexibility index (Phi) is 6.80. The highest BCUT2D eigenvalue weighted by atomic mass is 32.1. The molecule has 1 aliphatic heterocycles. The first kappa shape index (κ1) is 15.6. The van der Waals surface area contributed by atoms with Crippen molar-refractivity contribution in [3.05, 3.63) is 35.4 Å². The molecule has 0 radical (unpaired) electrons. The van der Waals surface area contributed by atoms with E-state index in [-0.39, 0.29) is 0 Å². The molecule has 1 aromatic rings. The summed E-state index contributed by atoms with van der Waals surface area (Å²) < 4.78 is 0. The molecular formula is C16H27NS. The van der Waals surface area contributed by atoms with Crippen LogP contribution in [-0.4, -0.2) is 22.7 Å². The second-order valence-corrected chi connectivity index (χ2v) is 5.72. The lowest BCUT2D eigenvalue weighted by Crippen LogP contribution is -2.34. The van der Waals surface area contributed by atoms with Crippen LogP contribution in [0.2, 0.25) is 0 Å². The van der Waals surface area contributed by atoms with E-state index in [9.17, 15) is 0 Å². The standard InChI is InChI=1S/C14H21NS.C2H6/c1-11-5-7-13(8-6-11)10-15-9-3-4-14(15)12(2)16;1-2/h5-8,12,14,16H,3-4,9-10H2,1-2H3;1-2H3. The van der Waals surface area contributed by atoms with Gasteiger partial charge in [-0.2, -0.15) is 12.6 Å².